The minimum Gasteiger partial charge on any atom is -0.393 e. The van der Waals surface area contributed by atoms with E-state index < -0.39 is 9.85 Å². The predicted molar refractivity (Wildman–Crippen MR) is 71.8 cm³/mol. The van der Waals surface area contributed by atoms with Gasteiger partial charge in [0.15, 0.2) is 0 Å². The van der Waals surface area contributed by atoms with Crippen LogP contribution in [0.4, 0.5) is 17.1 Å². The predicted octanol–water partition coefficient (Wildman–Crippen LogP) is 1.71. The summed E-state index contributed by atoms with van der Waals surface area (Å²) >= 11 is 0. The summed E-state index contributed by atoms with van der Waals surface area (Å²) < 4.78 is 0. The molecule has 0 bridgehead atoms. The summed E-state index contributed by atoms with van der Waals surface area (Å²) in [4.78, 5) is 22.1. The normalized spacial score (nSPS) is 21.1. The molecule has 1 N–H and O–H groups in total. The smallest absolute Gasteiger partial charge is 0.299 e. The van der Waals surface area contributed by atoms with Crippen LogP contribution in [0, 0.1) is 26.1 Å². The fourth-order valence-electron chi connectivity index (χ4n) is 2.43. The maximum Gasteiger partial charge on any atom is 0.299 e. The largest absolute Gasteiger partial charge is 0.393 e. The van der Waals surface area contributed by atoms with Crippen LogP contribution in [-0.4, -0.2) is 34.6 Å². The number of non-ortho nitro benzene ring substituents is 1. The van der Waals surface area contributed by atoms with E-state index in [1.165, 1.54) is 12.1 Å². The lowest BCUT2D eigenvalue weighted by atomic mass is 9.82. The Hall–Kier alpha value is -2.22. The van der Waals surface area contributed by atoms with E-state index in [9.17, 15) is 25.3 Å². The van der Waals surface area contributed by atoms with Gasteiger partial charge >= 0.3 is 0 Å². The number of hydrogen-bond acceptors (Lipinski definition) is 6. The summed E-state index contributed by atoms with van der Waals surface area (Å²) in [6.07, 6.45) is 1.09. The third-order valence-electron chi connectivity index (χ3n) is 3.52. The van der Waals surface area contributed by atoms with Crippen LogP contribution in [0.1, 0.15) is 12.8 Å². The molecular formula is C12H15N3O5. The first-order valence-electron chi connectivity index (χ1n) is 6.20. The number of nitro benzene ring substituents is 2. The maximum absolute atomic E-state index is 11.0. The molecule has 1 saturated carbocycles. The summed E-state index contributed by atoms with van der Waals surface area (Å²) in [6.45, 7) is 0.579. The lowest BCUT2D eigenvalue weighted by molar-refractivity contribution is -0.393. The highest BCUT2D eigenvalue weighted by molar-refractivity contribution is 5.66. The van der Waals surface area contributed by atoms with Gasteiger partial charge < -0.3 is 10.0 Å². The van der Waals surface area contributed by atoms with Gasteiger partial charge in [-0.25, -0.2) is 0 Å². The second-order valence-corrected chi connectivity index (χ2v) is 5.06. The third kappa shape index (κ3) is 2.85. The van der Waals surface area contributed by atoms with Crippen molar-refractivity contribution in [2.75, 3.05) is 18.5 Å². The fraction of sp³-hybridized carbons (Fsp3) is 0.500. The molecule has 0 aromatic heterocycles. The zero-order chi connectivity index (χ0) is 14.9. The highest BCUT2D eigenvalue weighted by atomic mass is 16.6. The van der Waals surface area contributed by atoms with Crippen molar-refractivity contribution in [2.45, 2.75) is 18.9 Å². The van der Waals surface area contributed by atoms with Gasteiger partial charge in [0.1, 0.15) is 5.69 Å². The molecule has 1 aromatic rings. The molecule has 1 fully saturated rings. The van der Waals surface area contributed by atoms with Gasteiger partial charge in [-0.2, -0.15) is 0 Å². The molecule has 0 atom stereocenters. The van der Waals surface area contributed by atoms with E-state index in [-0.39, 0.29) is 17.5 Å². The van der Waals surface area contributed by atoms with Gasteiger partial charge in [-0.3, -0.25) is 20.2 Å². The standard InChI is InChI=1S/C12H15N3O5/c1-13(7-8-4-10(16)5-8)11-3-2-9(14(17)18)6-12(11)15(19)20/h2-3,6,8,10,16H,4-5,7H2,1H3. The minimum absolute atomic E-state index is 0.276. The molecule has 0 heterocycles. The number of aliphatic hydroxyl groups is 1. The summed E-state index contributed by atoms with van der Waals surface area (Å²) in [7, 11) is 1.71. The second-order valence-electron chi connectivity index (χ2n) is 5.06. The fourth-order valence-corrected chi connectivity index (χ4v) is 2.43. The third-order valence-corrected chi connectivity index (χ3v) is 3.52. The van der Waals surface area contributed by atoms with E-state index in [0.29, 0.717) is 31.0 Å². The number of aliphatic hydroxyl groups excluding tert-OH is 1. The number of hydrogen-bond donors (Lipinski definition) is 1. The Morgan fingerprint density at radius 3 is 2.45 bits per heavy atom. The van der Waals surface area contributed by atoms with Crippen molar-refractivity contribution in [1.29, 1.82) is 0 Å². The zero-order valence-corrected chi connectivity index (χ0v) is 10.9. The average molecular weight is 281 g/mol. The van der Waals surface area contributed by atoms with Crippen LogP contribution in [0.25, 0.3) is 0 Å². The Morgan fingerprint density at radius 1 is 1.30 bits per heavy atom. The Morgan fingerprint density at radius 2 is 1.95 bits per heavy atom. The van der Waals surface area contributed by atoms with Gasteiger partial charge in [-0.15, -0.1) is 0 Å². The first-order valence-corrected chi connectivity index (χ1v) is 6.20. The Kier molecular flexibility index (Phi) is 3.84. The van der Waals surface area contributed by atoms with Crippen LogP contribution in [-0.2, 0) is 0 Å². The lowest BCUT2D eigenvalue weighted by Gasteiger charge is -2.35. The summed E-state index contributed by atoms with van der Waals surface area (Å²) in [5.41, 5.74) is -0.225. The van der Waals surface area contributed by atoms with Crippen LogP contribution < -0.4 is 4.90 Å². The van der Waals surface area contributed by atoms with Crippen LogP contribution in [0.2, 0.25) is 0 Å². The van der Waals surface area contributed by atoms with Gasteiger partial charge in [0.2, 0.25) is 0 Å². The van der Waals surface area contributed by atoms with E-state index in [2.05, 4.69) is 0 Å². The quantitative estimate of drug-likeness (QED) is 0.649. The lowest BCUT2D eigenvalue weighted by Crippen LogP contribution is -2.37. The monoisotopic (exact) mass is 281 g/mol. The summed E-state index contributed by atoms with van der Waals surface area (Å²) in [6, 6.07) is 3.63. The Balaban J connectivity index is 2.21. The number of nitro groups is 2. The van der Waals surface area contributed by atoms with Crippen LogP contribution in [0.15, 0.2) is 18.2 Å². The maximum atomic E-state index is 11.0. The SMILES string of the molecule is CN(CC1CC(O)C1)c1ccc([N+](=O)[O-])cc1[N+](=O)[O-]. The van der Waals surface area contributed by atoms with E-state index in [0.717, 1.165) is 6.07 Å². The first-order chi connectivity index (χ1) is 9.38. The molecular weight excluding hydrogens is 266 g/mol. The molecule has 8 nitrogen and oxygen atoms in total. The van der Waals surface area contributed by atoms with Crippen molar-refractivity contribution in [2.24, 2.45) is 5.92 Å². The number of nitrogens with zero attached hydrogens (tertiary/aromatic N) is 3. The highest BCUT2D eigenvalue weighted by Crippen LogP contribution is 2.34. The van der Waals surface area contributed by atoms with Crippen molar-refractivity contribution in [3.05, 3.63) is 38.4 Å². The van der Waals surface area contributed by atoms with Crippen molar-refractivity contribution in [3.63, 3.8) is 0 Å². The molecule has 1 aliphatic rings. The Bertz CT molecular complexity index is 542. The Labute approximate surface area is 114 Å². The molecule has 1 aromatic carbocycles. The molecule has 0 radical (unpaired) electrons. The molecule has 8 heteroatoms. The summed E-state index contributed by atoms with van der Waals surface area (Å²) in [5.74, 6) is 0.296. The van der Waals surface area contributed by atoms with Crippen LogP contribution in [0.3, 0.4) is 0 Å². The van der Waals surface area contributed by atoms with Crippen LogP contribution in [0.5, 0.6) is 0 Å². The summed E-state index contributed by atoms with van der Waals surface area (Å²) in [5, 5.41) is 30.9. The highest BCUT2D eigenvalue weighted by Gasteiger charge is 2.30. The van der Waals surface area contributed by atoms with Gasteiger partial charge in [0.25, 0.3) is 11.4 Å². The molecule has 0 amide bonds. The molecule has 0 spiro atoms. The molecule has 0 unspecified atom stereocenters. The number of anilines is 1. The van der Waals surface area contributed by atoms with Crippen molar-refractivity contribution in [3.8, 4) is 0 Å². The van der Waals surface area contributed by atoms with Gasteiger partial charge in [-0.05, 0) is 24.8 Å². The second kappa shape index (κ2) is 5.41. The molecule has 0 aliphatic heterocycles. The van der Waals surface area contributed by atoms with Crippen molar-refractivity contribution >= 4 is 17.1 Å². The minimum atomic E-state index is -0.654. The molecule has 20 heavy (non-hydrogen) atoms. The van der Waals surface area contributed by atoms with Gasteiger partial charge in [0.05, 0.1) is 22.0 Å². The van der Waals surface area contributed by atoms with E-state index >= 15 is 0 Å². The first kappa shape index (κ1) is 14.2. The van der Waals surface area contributed by atoms with E-state index in [1.807, 2.05) is 0 Å². The topological polar surface area (TPSA) is 110 Å². The van der Waals surface area contributed by atoms with Crippen molar-refractivity contribution in [1.82, 2.24) is 0 Å². The van der Waals surface area contributed by atoms with E-state index in [4.69, 9.17) is 0 Å². The van der Waals surface area contributed by atoms with Crippen LogP contribution >= 0.6 is 0 Å². The molecule has 1 aliphatic carbocycles. The molecule has 0 saturated heterocycles. The van der Waals surface area contributed by atoms with Gasteiger partial charge in [-0.1, -0.05) is 0 Å². The molecule has 108 valence electrons. The zero-order valence-electron chi connectivity index (χ0n) is 10.9. The van der Waals surface area contributed by atoms with Gasteiger partial charge in [0, 0.05) is 19.7 Å². The number of rotatable bonds is 5. The van der Waals surface area contributed by atoms with Crippen molar-refractivity contribution < 1.29 is 15.0 Å². The molecule has 2 rings (SSSR count). The average Bonchev–Trinajstić information content (AvgIpc) is 2.35. The number of benzene rings is 1. The van der Waals surface area contributed by atoms with E-state index in [1.54, 1.807) is 11.9 Å².